The van der Waals surface area contributed by atoms with E-state index >= 15 is 0 Å². The molecule has 0 saturated heterocycles. The Morgan fingerprint density at radius 3 is 2.66 bits per heavy atom. The molecule has 0 bridgehead atoms. The lowest BCUT2D eigenvalue weighted by Gasteiger charge is -2.17. The number of rotatable bonds is 8. The number of anilines is 1. The molecule has 7 nitrogen and oxygen atoms in total. The molecule has 3 rings (SSSR count). The van der Waals surface area contributed by atoms with E-state index in [9.17, 15) is 9.59 Å². The van der Waals surface area contributed by atoms with Gasteiger partial charge in [0.15, 0.2) is 5.13 Å². The average molecular weight is 413 g/mol. The Kier molecular flexibility index (Phi) is 6.66. The molecule has 0 aliphatic rings. The third-order valence-corrected chi connectivity index (χ3v) is 5.16. The second-order valence-corrected chi connectivity index (χ2v) is 7.50. The van der Waals surface area contributed by atoms with E-state index in [2.05, 4.69) is 10.3 Å². The number of hydrogen-bond donors (Lipinski definition) is 1. The summed E-state index contributed by atoms with van der Waals surface area (Å²) in [7, 11) is 1.73. The van der Waals surface area contributed by atoms with Crippen molar-refractivity contribution < 1.29 is 18.7 Å². The van der Waals surface area contributed by atoms with E-state index in [0.717, 1.165) is 5.75 Å². The van der Waals surface area contributed by atoms with Gasteiger partial charge in [-0.05, 0) is 32.0 Å². The molecule has 1 aromatic carbocycles. The molecule has 0 spiro atoms. The van der Waals surface area contributed by atoms with Crippen molar-refractivity contribution in [1.29, 1.82) is 0 Å². The van der Waals surface area contributed by atoms with Crippen molar-refractivity contribution in [1.82, 2.24) is 9.88 Å². The van der Waals surface area contributed by atoms with E-state index < -0.39 is 0 Å². The summed E-state index contributed by atoms with van der Waals surface area (Å²) >= 11 is 1.28. The SMILES string of the molecule is Cc1ccc(OCCN(C)C(=O)Cc2csc(NC(=O)c3ccoc3C)n2)cc1. The van der Waals surface area contributed by atoms with Crippen LogP contribution < -0.4 is 10.1 Å². The van der Waals surface area contributed by atoms with Crippen LogP contribution in [0.15, 0.2) is 46.4 Å². The molecule has 1 N–H and O–H groups in total. The molecule has 8 heteroatoms. The maximum atomic E-state index is 12.4. The fourth-order valence-corrected chi connectivity index (χ4v) is 3.29. The van der Waals surface area contributed by atoms with Gasteiger partial charge in [0.1, 0.15) is 18.1 Å². The highest BCUT2D eigenvalue weighted by atomic mass is 32.1. The van der Waals surface area contributed by atoms with Crippen LogP contribution in [0.1, 0.15) is 27.4 Å². The molecule has 2 aromatic heterocycles. The van der Waals surface area contributed by atoms with Gasteiger partial charge in [-0.25, -0.2) is 4.98 Å². The smallest absolute Gasteiger partial charge is 0.260 e. The normalized spacial score (nSPS) is 10.6. The molecule has 0 unspecified atom stereocenters. The third-order valence-electron chi connectivity index (χ3n) is 4.35. The summed E-state index contributed by atoms with van der Waals surface area (Å²) in [4.78, 5) is 30.5. The number of carbonyl (C=O) groups excluding carboxylic acids is 2. The zero-order valence-electron chi connectivity index (χ0n) is 16.6. The van der Waals surface area contributed by atoms with Crippen molar-refractivity contribution in [3.8, 4) is 5.75 Å². The number of aromatic nitrogens is 1. The summed E-state index contributed by atoms with van der Waals surface area (Å²) in [6, 6.07) is 9.39. The molecule has 2 heterocycles. The van der Waals surface area contributed by atoms with Crippen LogP contribution in [0.5, 0.6) is 5.75 Å². The zero-order valence-corrected chi connectivity index (χ0v) is 17.4. The molecule has 0 fully saturated rings. The summed E-state index contributed by atoms with van der Waals surface area (Å²) < 4.78 is 10.8. The number of amides is 2. The van der Waals surface area contributed by atoms with Gasteiger partial charge in [-0.1, -0.05) is 17.7 Å². The Labute approximate surface area is 173 Å². The monoisotopic (exact) mass is 413 g/mol. The van der Waals surface area contributed by atoms with E-state index in [1.54, 1.807) is 30.3 Å². The van der Waals surface area contributed by atoms with E-state index in [1.807, 2.05) is 31.2 Å². The van der Waals surface area contributed by atoms with Gasteiger partial charge in [0, 0.05) is 12.4 Å². The predicted molar refractivity (Wildman–Crippen MR) is 112 cm³/mol. The highest BCUT2D eigenvalue weighted by Crippen LogP contribution is 2.19. The molecule has 3 aromatic rings. The van der Waals surface area contributed by atoms with Crippen LogP contribution in [0, 0.1) is 13.8 Å². The molecule has 0 aliphatic carbocycles. The Morgan fingerprint density at radius 1 is 1.21 bits per heavy atom. The van der Waals surface area contributed by atoms with Gasteiger partial charge in [0.05, 0.1) is 30.5 Å². The van der Waals surface area contributed by atoms with Gasteiger partial charge in [-0.2, -0.15) is 0 Å². The van der Waals surface area contributed by atoms with Crippen LogP contribution in [0.4, 0.5) is 5.13 Å². The fraction of sp³-hybridized carbons (Fsp3) is 0.286. The zero-order chi connectivity index (χ0) is 20.8. The molecular weight excluding hydrogens is 390 g/mol. The van der Waals surface area contributed by atoms with Crippen molar-refractivity contribution >= 4 is 28.3 Å². The molecule has 29 heavy (non-hydrogen) atoms. The maximum absolute atomic E-state index is 12.4. The molecule has 152 valence electrons. The van der Waals surface area contributed by atoms with Crippen LogP contribution in [0.25, 0.3) is 0 Å². The van der Waals surface area contributed by atoms with Crippen molar-refractivity contribution in [2.75, 3.05) is 25.5 Å². The first kappa shape index (κ1) is 20.6. The second-order valence-electron chi connectivity index (χ2n) is 6.64. The topological polar surface area (TPSA) is 84.7 Å². The van der Waals surface area contributed by atoms with Gasteiger partial charge in [-0.15, -0.1) is 11.3 Å². The predicted octanol–water partition coefficient (Wildman–Crippen LogP) is 3.69. The number of benzene rings is 1. The van der Waals surface area contributed by atoms with E-state index in [1.165, 1.54) is 23.2 Å². The van der Waals surface area contributed by atoms with Gasteiger partial charge in [0.2, 0.25) is 5.91 Å². The lowest BCUT2D eigenvalue weighted by Crippen LogP contribution is -2.32. The number of hydrogen-bond acceptors (Lipinski definition) is 6. The Hall–Kier alpha value is -3.13. The van der Waals surface area contributed by atoms with Gasteiger partial charge < -0.3 is 14.1 Å². The maximum Gasteiger partial charge on any atom is 0.260 e. The average Bonchev–Trinajstić information content (AvgIpc) is 3.31. The standard InChI is InChI=1S/C21H23N3O4S/c1-14-4-6-17(7-5-14)28-11-9-24(3)19(25)12-16-13-29-21(22-16)23-20(26)18-8-10-27-15(18)2/h4-8,10,13H,9,11-12H2,1-3H3,(H,22,23,26). The van der Waals surface area contributed by atoms with Crippen LogP contribution >= 0.6 is 11.3 Å². The number of likely N-dealkylation sites (N-methyl/N-ethyl adjacent to an activating group) is 1. The Balaban J connectivity index is 1.45. The minimum absolute atomic E-state index is 0.0636. The van der Waals surface area contributed by atoms with Crippen molar-refractivity contribution in [2.45, 2.75) is 20.3 Å². The fourth-order valence-electron chi connectivity index (χ4n) is 2.58. The minimum Gasteiger partial charge on any atom is -0.492 e. The van der Waals surface area contributed by atoms with E-state index in [4.69, 9.17) is 9.15 Å². The number of aryl methyl sites for hydroxylation is 2. The quantitative estimate of drug-likeness (QED) is 0.609. The highest BCUT2D eigenvalue weighted by molar-refractivity contribution is 7.14. The molecular formula is C21H23N3O4S. The van der Waals surface area contributed by atoms with Crippen LogP contribution in [-0.2, 0) is 11.2 Å². The molecule has 2 amide bonds. The first-order valence-electron chi connectivity index (χ1n) is 9.15. The van der Waals surface area contributed by atoms with E-state index in [0.29, 0.717) is 35.3 Å². The number of ether oxygens (including phenoxy) is 1. The highest BCUT2D eigenvalue weighted by Gasteiger charge is 2.15. The second kappa shape index (κ2) is 9.38. The van der Waals surface area contributed by atoms with Crippen molar-refractivity contribution in [2.24, 2.45) is 0 Å². The summed E-state index contributed by atoms with van der Waals surface area (Å²) in [5.74, 6) is 0.980. The number of carbonyl (C=O) groups is 2. The molecule has 0 radical (unpaired) electrons. The number of furan rings is 1. The first-order valence-corrected chi connectivity index (χ1v) is 10.0. The molecule has 0 atom stereocenters. The van der Waals surface area contributed by atoms with Crippen molar-refractivity contribution in [3.63, 3.8) is 0 Å². The largest absolute Gasteiger partial charge is 0.492 e. The first-order chi connectivity index (χ1) is 13.9. The van der Waals surface area contributed by atoms with Crippen LogP contribution in [0.3, 0.4) is 0 Å². The van der Waals surface area contributed by atoms with Crippen molar-refractivity contribution in [3.05, 3.63) is 64.6 Å². The lowest BCUT2D eigenvalue weighted by atomic mass is 10.2. The third kappa shape index (κ3) is 5.68. The summed E-state index contributed by atoms with van der Waals surface area (Å²) in [5.41, 5.74) is 2.25. The summed E-state index contributed by atoms with van der Waals surface area (Å²) in [5, 5.41) is 4.95. The molecule has 0 aliphatic heterocycles. The summed E-state index contributed by atoms with van der Waals surface area (Å²) in [6.45, 7) is 4.62. The van der Waals surface area contributed by atoms with Gasteiger partial charge >= 0.3 is 0 Å². The Morgan fingerprint density at radius 2 is 1.97 bits per heavy atom. The number of thiazole rings is 1. The Bertz CT molecular complexity index is 978. The minimum atomic E-state index is -0.283. The number of nitrogens with one attached hydrogen (secondary N) is 1. The van der Waals surface area contributed by atoms with Gasteiger partial charge in [0.25, 0.3) is 5.91 Å². The van der Waals surface area contributed by atoms with E-state index in [-0.39, 0.29) is 18.2 Å². The lowest BCUT2D eigenvalue weighted by molar-refractivity contribution is -0.129. The van der Waals surface area contributed by atoms with Crippen LogP contribution in [-0.4, -0.2) is 41.9 Å². The van der Waals surface area contributed by atoms with Gasteiger partial charge in [-0.3, -0.25) is 14.9 Å². The summed E-state index contributed by atoms with van der Waals surface area (Å²) in [6.07, 6.45) is 1.63. The van der Waals surface area contributed by atoms with Crippen LogP contribution in [0.2, 0.25) is 0 Å². The molecule has 0 saturated carbocycles. The number of nitrogens with zero attached hydrogens (tertiary/aromatic N) is 2.